The van der Waals surface area contributed by atoms with Gasteiger partial charge in [0.15, 0.2) is 0 Å². The summed E-state index contributed by atoms with van der Waals surface area (Å²) in [4.78, 5) is 32.9. The number of aryl methyl sites for hydroxylation is 1. The molecular weight excluding hydrogens is 665 g/mol. The molecule has 8 nitrogen and oxygen atoms in total. The van der Waals surface area contributed by atoms with Crippen LogP contribution in [0.1, 0.15) is 27.2 Å². The number of amides is 3. The van der Waals surface area contributed by atoms with E-state index in [9.17, 15) is 31.2 Å². The fraction of sp³-hybridized carbons (Fsp3) is 0.114. The molecule has 3 amide bonds. The first-order valence-electron chi connectivity index (χ1n) is 14.4. The SMILES string of the molecule is Cc1cc(N(Cc2ccc(-c3ccccc3S(=O)(=O)NC(=O)c3ccccc3Cl)cc2)C(=O)N(C)c2ccccc2C(F)(F)F)ccn1. The van der Waals surface area contributed by atoms with Gasteiger partial charge >= 0.3 is 12.2 Å². The van der Waals surface area contributed by atoms with Gasteiger partial charge in [-0.3, -0.25) is 19.6 Å². The van der Waals surface area contributed by atoms with E-state index < -0.39 is 33.7 Å². The van der Waals surface area contributed by atoms with E-state index in [0.717, 1.165) is 11.0 Å². The van der Waals surface area contributed by atoms with Crippen LogP contribution in [0.4, 0.5) is 29.3 Å². The second-order valence-corrected chi connectivity index (χ2v) is 12.8. The lowest BCUT2D eigenvalue weighted by molar-refractivity contribution is -0.137. The lowest BCUT2D eigenvalue weighted by Gasteiger charge is -2.30. The first-order chi connectivity index (χ1) is 22.8. The number of carbonyl (C=O) groups is 2. The Hall–Kier alpha value is -5.20. The van der Waals surface area contributed by atoms with Crippen LogP contribution in [0.15, 0.2) is 120 Å². The number of sulfonamides is 1. The molecule has 48 heavy (non-hydrogen) atoms. The van der Waals surface area contributed by atoms with E-state index in [1.165, 1.54) is 60.6 Å². The Kier molecular flexibility index (Phi) is 9.87. The molecule has 5 rings (SSSR count). The van der Waals surface area contributed by atoms with E-state index >= 15 is 0 Å². The van der Waals surface area contributed by atoms with Crippen molar-refractivity contribution in [3.8, 4) is 11.1 Å². The second-order valence-electron chi connectivity index (χ2n) is 10.7. The van der Waals surface area contributed by atoms with Crippen LogP contribution in [-0.4, -0.2) is 32.4 Å². The summed E-state index contributed by atoms with van der Waals surface area (Å²) in [5.41, 5.74) is 1.17. The van der Waals surface area contributed by atoms with Crippen molar-refractivity contribution in [2.24, 2.45) is 0 Å². The molecule has 0 unspecified atom stereocenters. The zero-order valence-corrected chi connectivity index (χ0v) is 27.1. The van der Waals surface area contributed by atoms with Crippen LogP contribution in [0.2, 0.25) is 5.02 Å². The van der Waals surface area contributed by atoms with Gasteiger partial charge in [0.25, 0.3) is 15.9 Å². The van der Waals surface area contributed by atoms with Gasteiger partial charge in [-0.25, -0.2) is 17.9 Å². The number of pyridine rings is 1. The van der Waals surface area contributed by atoms with E-state index in [-0.39, 0.29) is 27.7 Å². The van der Waals surface area contributed by atoms with Crippen LogP contribution in [0.5, 0.6) is 0 Å². The molecule has 246 valence electrons. The zero-order valence-electron chi connectivity index (χ0n) is 25.6. The number of aromatic nitrogens is 1. The molecule has 0 bridgehead atoms. The van der Waals surface area contributed by atoms with Crippen LogP contribution < -0.4 is 14.5 Å². The topological polar surface area (TPSA) is 99.7 Å². The maximum Gasteiger partial charge on any atom is 0.418 e. The summed E-state index contributed by atoms with van der Waals surface area (Å²) < 4.78 is 70.2. The Balaban J connectivity index is 1.44. The van der Waals surface area contributed by atoms with E-state index in [1.807, 2.05) is 0 Å². The van der Waals surface area contributed by atoms with Crippen molar-refractivity contribution in [3.63, 3.8) is 0 Å². The van der Waals surface area contributed by atoms with Crippen molar-refractivity contribution in [1.29, 1.82) is 0 Å². The molecule has 1 heterocycles. The summed E-state index contributed by atoms with van der Waals surface area (Å²) in [5.74, 6) is -0.885. The van der Waals surface area contributed by atoms with Gasteiger partial charge in [-0.2, -0.15) is 13.2 Å². The molecule has 0 spiro atoms. The summed E-state index contributed by atoms with van der Waals surface area (Å²) >= 11 is 6.08. The predicted molar refractivity (Wildman–Crippen MR) is 178 cm³/mol. The van der Waals surface area contributed by atoms with E-state index in [4.69, 9.17) is 11.6 Å². The highest BCUT2D eigenvalue weighted by molar-refractivity contribution is 7.90. The largest absolute Gasteiger partial charge is 0.418 e. The molecule has 0 aliphatic carbocycles. The van der Waals surface area contributed by atoms with Crippen LogP contribution in [0.3, 0.4) is 0 Å². The minimum absolute atomic E-state index is 0.000562. The highest BCUT2D eigenvalue weighted by atomic mass is 35.5. The molecule has 0 fully saturated rings. The predicted octanol–water partition coefficient (Wildman–Crippen LogP) is 8.11. The number of carbonyl (C=O) groups excluding carboxylic acids is 2. The van der Waals surface area contributed by atoms with E-state index in [1.54, 1.807) is 67.6 Å². The maximum absolute atomic E-state index is 13.8. The van der Waals surface area contributed by atoms with E-state index in [2.05, 4.69) is 9.71 Å². The normalized spacial score (nSPS) is 11.5. The fourth-order valence-corrected chi connectivity index (χ4v) is 6.47. The molecule has 5 aromatic rings. The van der Waals surface area contributed by atoms with Crippen molar-refractivity contribution in [1.82, 2.24) is 9.71 Å². The first kappa shape index (κ1) is 34.1. The summed E-state index contributed by atoms with van der Waals surface area (Å²) in [6, 6.07) is 26.2. The Morgan fingerprint density at radius 2 is 1.52 bits per heavy atom. The number of halogens is 4. The molecule has 1 aromatic heterocycles. The van der Waals surface area contributed by atoms with Gasteiger partial charge in [0.05, 0.1) is 33.3 Å². The van der Waals surface area contributed by atoms with Crippen molar-refractivity contribution < 1.29 is 31.2 Å². The number of rotatable bonds is 8. The summed E-state index contributed by atoms with van der Waals surface area (Å²) in [6.07, 6.45) is -3.18. The van der Waals surface area contributed by atoms with Gasteiger partial charge in [-0.05, 0) is 60.5 Å². The molecule has 4 aromatic carbocycles. The average Bonchev–Trinajstić information content (AvgIpc) is 3.06. The van der Waals surface area contributed by atoms with Gasteiger partial charge < -0.3 is 0 Å². The molecule has 1 N–H and O–H groups in total. The number of hydrogen-bond donors (Lipinski definition) is 1. The third-order valence-corrected chi connectivity index (χ3v) is 9.13. The minimum Gasteiger partial charge on any atom is -0.296 e. The Labute approximate surface area is 280 Å². The van der Waals surface area contributed by atoms with Crippen LogP contribution in [0.25, 0.3) is 11.1 Å². The average molecular weight is 693 g/mol. The number of para-hydroxylation sites is 1. The monoisotopic (exact) mass is 692 g/mol. The third-order valence-electron chi connectivity index (χ3n) is 7.41. The second kappa shape index (κ2) is 13.9. The van der Waals surface area contributed by atoms with Gasteiger partial charge in [0, 0.05) is 30.2 Å². The fourth-order valence-electron chi connectivity index (χ4n) is 5.05. The third kappa shape index (κ3) is 7.50. The molecule has 0 saturated carbocycles. The smallest absolute Gasteiger partial charge is 0.296 e. The number of urea groups is 1. The quantitative estimate of drug-likeness (QED) is 0.177. The molecule has 0 aliphatic rings. The molecule has 0 atom stereocenters. The standard InChI is InChI=1S/C35H28ClF3N4O4S/c1-23-21-26(19-20-40-23)43(34(45)42(2)31-13-7-5-11-29(31)35(37,38)39)22-24-15-17-25(18-16-24)27-9-4-8-14-32(27)48(46,47)41-33(44)28-10-3-6-12-30(28)36/h3-21H,22H2,1-2H3,(H,41,44). The van der Waals surface area contributed by atoms with Crippen molar-refractivity contribution in [3.05, 3.63) is 143 Å². The number of benzene rings is 4. The number of hydrogen-bond acceptors (Lipinski definition) is 5. The minimum atomic E-state index is -4.68. The molecule has 0 radical (unpaired) electrons. The summed E-state index contributed by atoms with van der Waals surface area (Å²) in [6.45, 7) is 1.70. The number of alkyl halides is 3. The van der Waals surface area contributed by atoms with Crippen LogP contribution in [-0.2, 0) is 22.7 Å². The Morgan fingerprint density at radius 1 is 0.875 bits per heavy atom. The first-order valence-corrected chi connectivity index (χ1v) is 16.3. The molecule has 0 aliphatic heterocycles. The lowest BCUT2D eigenvalue weighted by atomic mass is 10.0. The van der Waals surface area contributed by atoms with Gasteiger partial charge in [-0.1, -0.05) is 78.3 Å². The van der Waals surface area contributed by atoms with E-state index in [0.29, 0.717) is 28.1 Å². The molecule has 13 heteroatoms. The lowest BCUT2D eigenvalue weighted by Crippen LogP contribution is -2.42. The van der Waals surface area contributed by atoms with Crippen molar-refractivity contribution in [2.75, 3.05) is 16.8 Å². The van der Waals surface area contributed by atoms with Gasteiger partial charge in [0.2, 0.25) is 0 Å². The number of anilines is 2. The van der Waals surface area contributed by atoms with Gasteiger partial charge in [0.1, 0.15) is 0 Å². The van der Waals surface area contributed by atoms with Crippen LogP contribution in [0, 0.1) is 6.92 Å². The molecule has 0 saturated heterocycles. The Bertz CT molecular complexity index is 2090. The number of nitrogens with one attached hydrogen (secondary N) is 1. The van der Waals surface area contributed by atoms with Gasteiger partial charge in [-0.15, -0.1) is 0 Å². The highest BCUT2D eigenvalue weighted by Crippen LogP contribution is 2.37. The zero-order chi connectivity index (χ0) is 34.6. The van der Waals surface area contributed by atoms with Crippen LogP contribution >= 0.6 is 11.6 Å². The van der Waals surface area contributed by atoms with Crippen molar-refractivity contribution in [2.45, 2.75) is 24.5 Å². The van der Waals surface area contributed by atoms with Crippen molar-refractivity contribution >= 4 is 44.9 Å². The Morgan fingerprint density at radius 3 is 2.21 bits per heavy atom. The number of nitrogens with zero attached hydrogens (tertiary/aromatic N) is 3. The maximum atomic E-state index is 13.8. The summed E-state index contributed by atoms with van der Waals surface area (Å²) in [5, 5.41) is 0.0966. The molecular formula is C35H28ClF3N4O4S. The highest BCUT2D eigenvalue weighted by Gasteiger charge is 2.36. The summed E-state index contributed by atoms with van der Waals surface area (Å²) in [7, 11) is -3.06.